The molecule has 94 valence electrons. The fourth-order valence-corrected chi connectivity index (χ4v) is 2.79. The Morgan fingerprint density at radius 1 is 1.35 bits per heavy atom. The number of nitrogens with two attached hydrogens (primary N) is 1. The second kappa shape index (κ2) is 5.54. The number of hydrogen-bond acceptors (Lipinski definition) is 2. The quantitative estimate of drug-likeness (QED) is 0.862. The maximum atomic E-state index is 6.35. The fourth-order valence-electron chi connectivity index (χ4n) is 2.79. The predicted molar refractivity (Wildman–Crippen MR) is 71.2 cm³/mol. The van der Waals surface area contributed by atoms with Crippen LogP contribution in [-0.2, 0) is 0 Å². The van der Waals surface area contributed by atoms with Gasteiger partial charge in [0.1, 0.15) is 5.75 Å². The van der Waals surface area contributed by atoms with Crippen LogP contribution in [0.1, 0.15) is 49.8 Å². The summed E-state index contributed by atoms with van der Waals surface area (Å²) < 4.78 is 5.56. The lowest BCUT2D eigenvalue weighted by Gasteiger charge is -2.20. The SMILES string of the molecule is CCOc1ccc(C(N)C2CCCC2)cc1C. The molecule has 0 spiro atoms. The van der Waals surface area contributed by atoms with Gasteiger partial charge in [-0.25, -0.2) is 0 Å². The molecule has 2 nitrogen and oxygen atoms in total. The van der Waals surface area contributed by atoms with Gasteiger partial charge in [0.2, 0.25) is 0 Å². The number of rotatable bonds is 4. The number of hydrogen-bond donors (Lipinski definition) is 1. The Labute approximate surface area is 104 Å². The average molecular weight is 233 g/mol. The minimum Gasteiger partial charge on any atom is -0.494 e. The van der Waals surface area contributed by atoms with Gasteiger partial charge in [0, 0.05) is 6.04 Å². The van der Waals surface area contributed by atoms with Crippen molar-refractivity contribution >= 4 is 0 Å². The zero-order chi connectivity index (χ0) is 12.3. The number of ether oxygens (including phenoxy) is 1. The molecular weight excluding hydrogens is 210 g/mol. The highest BCUT2D eigenvalue weighted by molar-refractivity contribution is 5.37. The topological polar surface area (TPSA) is 35.2 Å². The molecule has 0 amide bonds. The molecule has 1 aliphatic rings. The Morgan fingerprint density at radius 3 is 2.65 bits per heavy atom. The highest BCUT2D eigenvalue weighted by Crippen LogP contribution is 2.35. The molecule has 17 heavy (non-hydrogen) atoms. The minimum absolute atomic E-state index is 0.201. The summed E-state index contributed by atoms with van der Waals surface area (Å²) >= 11 is 0. The van der Waals surface area contributed by atoms with Crippen LogP contribution in [-0.4, -0.2) is 6.61 Å². The van der Waals surface area contributed by atoms with Crippen LogP contribution in [0.4, 0.5) is 0 Å². The molecule has 1 aromatic rings. The molecule has 0 bridgehead atoms. The monoisotopic (exact) mass is 233 g/mol. The predicted octanol–water partition coefficient (Wildman–Crippen LogP) is 3.58. The first-order valence-corrected chi connectivity index (χ1v) is 6.71. The van der Waals surface area contributed by atoms with E-state index in [0.29, 0.717) is 5.92 Å². The molecule has 0 radical (unpaired) electrons. The van der Waals surface area contributed by atoms with Gasteiger partial charge >= 0.3 is 0 Å². The first kappa shape index (κ1) is 12.4. The van der Waals surface area contributed by atoms with Gasteiger partial charge in [-0.05, 0) is 49.8 Å². The summed E-state index contributed by atoms with van der Waals surface area (Å²) in [6.07, 6.45) is 5.25. The smallest absolute Gasteiger partial charge is 0.122 e. The third-order valence-electron chi connectivity index (χ3n) is 3.79. The van der Waals surface area contributed by atoms with Crippen molar-refractivity contribution < 1.29 is 4.74 Å². The first-order valence-electron chi connectivity index (χ1n) is 6.71. The van der Waals surface area contributed by atoms with Gasteiger partial charge in [0.05, 0.1) is 6.61 Å². The maximum Gasteiger partial charge on any atom is 0.122 e. The van der Waals surface area contributed by atoms with Crippen LogP contribution in [0.25, 0.3) is 0 Å². The van der Waals surface area contributed by atoms with E-state index in [4.69, 9.17) is 10.5 Å². The molecule has 1 aliphatic carbocycles. The van der Waals surface area contributed by atoms with Crippen molar-refractivity contribution in [3.05, 3.63) is 29.3 Å². The molecule has 2 rings (SSSR count). The van der Waals surface area contributed by atoms with E-state index in [1.807, 2.05) is 6.92 Å². The van der Waals surface area contributed by atoms with Crippen molar-refractivity contribution in [1.29, 1.82) is 0 Å². The summed E-state index contributed by atoms with van der Waals surface area (Å²) in [7, 11) is 0. The normalized spacial score (nSPS) is 18.3. The molecule has 1 fully saturated rings. The van der Waals surface area contributed by atoms with Crippen LogP contribution >= 0.6 is 0 Å². The van der Waals surface area contributed by atoms with E-state index in [2.05, 4.69) is 25.1 Å². The maximum absolute atomic E-state index is 6.35. The summed E-state index contributed by atoms with van der Waals surface area (Å²) in [6, 6.07) is 6.57. The summed E-state index contributed by atoms with van der Waals surface area (Å²) in [6.45, 7) is 4.82. The van der Waals surface area contributed by atoms with Crippen LogP contribution < -0.4 is 10.5 Å². The van der Waals surface area contributed by atoms with Gasteiger partial charge in [-0.2, -0.15) is 0 Å². The average Bonchev–Trinajstić information content (AvgIpc) is 2.84. The van der Waals surface area contributed by atoms with Gasteiger partial charge in [0.15, 0.2) is 0 Å². The number of aryl methyl sites for hydroxylation is 1. The summed E-state index contributed by atoms with van der Waals surface area (Å²) in [5, 5.41) is 0. The molecule has 1 atom stereocenters. The van der Waals surface area contributed by atoms with Crippen molar-refractivity contribution in [2.75, 3.05) is 6.61 Å². The van der Waals surface area contributed by atoms with Crippen molar-refractivity contribution in [3.8, 4) is 5.75 Å². The van der Waals surface area contributed by atoms with Gasteiger partial charge in [0.25, 0.3) is 0 Å². The van der Waals surface area contributed by atoms with Crippen molar-refractivity contribution in [2.24, 2.45) is 11.7 Å². The van der Waals surface area contributed by atoms with E-state index < -0.39 is 0 Å². The van der Waals surface area contributed by atoms with Crippen LogP contribution in [0.5, 0.6) is 5.75 Å². The summed E-state index contributed by atoms with van der Waals surface area (Å²) in [4.78, 5) is 0. The molecule has 0 heterocycles. The highest BCUT2D eigenvalue weighted by atomic mass is 16.5. The van der Waals surface area contributed by atoms with Gasteiger partial charge < -0.3 is 10.5 Å². The molecule has 2 heteroatoms. The van der Waals surface area contributed by atoms with Crippen molar-refractivity contribution in [1.82, 2.24) is 0 Å². The Morgan fingerprint density at radius 2 is 2.06 bits per heavy atom. The highest BCUT2D eigenvalue weighted by Gasteiger charge is 2.23. The van der Waals surface area contributed by atoms with Crippen LogP contribution in [0.3, 0.4) is 0 Å². The van der Waals surface area contributed by atoms with Crippen molar-refractivity contribution in [2.45, 2.75) is 45.6 Å². The molecule has 0 saturated heterocycles. The van der Waals surface area contributed by atoms with E-state index in [0.717, 1.165) is 12.4 Å². The zero-order valence-corrected chi connectivity index (χ0v) is 10.9. The van der Waals surface area contributed by atoms with Crippen molar-refractivity contribution in [3.63, 3.8) is 0 Å². The fraction of sp³-hybridized carbons (Fsp3) is 0.600. The van der Waals surface area contributed by atoms with E-state index >= 15 is 0 Å². The van der Waals surface area contributed by atoms with E-state index in [9.17, 15) is 0 Å². The third kappa shape index (κ3) is 2.81. The molecule has 1 saturated carbocycles. The molecule has 1 aromatic carbocycles. The summed E-state index contributed by atoms with van der Waals surface area (Å²) in [5.74, 6) is 1.65. The van der Waals surface area contributed by atoms with Gasteiger partial charge in [-0.1, -0.05) is 25.0 Å². The molecule has 0 aromatic heterocycles. The van der Waals surface area contributed by atoms with Crippen LogP contribution in [0.2, 0.25) is 0 Å². The van der Waals surface area contributed by atoms with E-state index in [-0.39, 0.29) is 6.04 Å². The Hall–Kier alpha value is -1.02. The Kier molecular flexibility index (Phi) is 4.06. The largest absolute Gasteiger partial charge is 0.494 e. The zero-order valence-electron chi connectivity index (χ0n) is 10.9. The van der Waals surface area contributed by atoms with E-state index in [1.54, 1.807) is 0 Å². The molecule has 1 unspecified atom stereocenters. The van der Waals surface area contributed by atoms with Gasteiger partial charge in [-0.15, -0.1) is 0 Å². The second-order valence-corrected chi connectivity index (χ2v) is 5.03. The lowest BCUT2D eigenvalue weighted by Crippen LogP contribution is -2.19. The lowest BCUT2D eigenvalue weighted by atomic mass is 9.91. The molecular formula is C15H23NO. The van der Waals surface area contributed by atoms with Gasteiger partial charge in [-0.3, -0.25) is 0 Å². The number of benzene rings is 1. The Balaban J connectivity index is 2.12. The third-order valence-corrected chi connectivity index (χ3v) is 3.79. The molecule has 0 aliphatic heterocycles. The second-order valence-electron chi connectivity index (χ2n) is 5.03. The first-order chi connectivity index (χ1) is 8.22. The lowest BCUT2D eigenvalue weighted by molar-refractivity contribution is 0.337. The minimum atomic E-state index is 0.201. The Bertz CT molecular complexity index is 369. The van der Waals surface area contributed by atoms with Crippen LogP contribution in [0.15, 0.2) is 18.2 Å². The summed E-state index contributed by atoms with van der Waals surface area (Å²) in [5.41, 5.74) is 8.81. The standard InChI is InChI=1S/C15H23NO/c1-3-17-14-9-8-13(10-11(14)2)15(16)12-6-4-5-7-12/h8-10,12,15H,3-7,16H2,1-2H3. The molecule has 2 N–H and O–H groups in total. The van der Waals surface area contributed by atoms with Crippen LogP contribution in [0, 0.1) is 12.8 Å². The van der Waals surface area contributed by atoms with E-state index in [1.165, 1.54) is 36.8 Å².